The number of hydrogen-bond acceptors (Lipinski definition) is 3. The summed E-state index contributed by atoms with van der Waals surface area (Å²) in [4.78, 5) is 11.8. The Hall–Kier alpha value is 0.110. The van der Waals surface area contributed by atoms with Gasteiger partial charge in [0.05, 0.1) is 9.12 Å². The molecule has 0 unspecified atom stereocenters. The fourth-order valence-corrected chi connectivity index (χ4v) is 2.89. The number of Topliss-reactive ketones (excluding diaryl/α,β-unsaturated/α-hetero) is 1. The van der Waals surface area contributed by atoms with Crippen molar-refractivity contribution < 1.29 is 10.0 Å². The van der Waals surface area contributed by atoms with Crippen LogP contribution in [0.3, 0.4) is 0 Å². The van der Waals surface area contributed by atoms with Crippen molar-refractivity contribution in [3.05, 3.63) is 31.1 Å². The van der Waals surface area contributed by atoms with Gasteiger partial charge in [-0.3, -0.25) is 15.1 Å². The zero-order chi connectivity index (χ0) is 12.5. The lowest BCUT2D eigenvalue weighted by Crippen LogP contribution is -2.35. The Bertz CT molecular complexity index is 403. The van der Waals surface area contributed by atoms with Crippen LogP contribution in [0.5, 0.6) is 0 Å². The molecule has 0 saturated heterocycles. The average Bonchev–Trinajstić information content (AvgIpc) is 2.11. The van der Waals surface area contributed by atoms with Gasteiger partial charge in [-0.1, -0.05) is 0 Å². The summed E-state index contributed by atoms with van der Waals surface area (Å²) in [5.74, 6) is -0.0516. The molecule has 0 bridgehead atoms. The lowest BCUT2D eigenvalue weighted by molar-refractivity contribution is -0.116. The van der Waals surface area contributed by atoms with E-state index in [2.05, 4.69) is 22.6 Å². The van der Waals surface area contributed by atoms with Crippen LogP contribution in [0.4, 0.5) is 0 Å². The van der Waals surface area contributed by atoms with E-state index in [4.69, 9.17) is 0 Å². The van der Waals surface area contributed by atoms with E-state index >= 15 is 0 Å². The van der Waals surface area contributed by atoms with Crippen LogP contribution in [-0.4, -0.2) is 21.6 Å². The topological polar surface area (TPSA) is 40.5 Å². The Morgan fingerprint density at radius 3 is 2.38 bits per heavy atom. The van der Waals surface area contributed by atoms with Crippen molar-refractivity contribution in [2.45, 2.75) is 26.3 Å². The normalized spacial score (nSPS) is 19.6. The van der Waals surface area contributed by atoms with Crippen molar-refractivity contribution in [3.8, 4) is 0 Å². The first-order chi connectivity index (χ1) is 7.21. The van der Waals surface area contributed by atoms with Crippen molar-refractivity contribution >= 4 is 51.0 Å². The smallest absolute Gasteiger partial charge is 0.200 e. The summed E-state index contributed by atoms with van der Waals surface area (Å²) in [6.07, 6.45) is 5.06. The maximum absolute atomic E-state index is 11.8. The molecule has 0 heterocycles. The molecule has 0 aliphatic heterocycles. The number of carbonyl (C=O) groups excluding carboxylic acids is 1. The maximum Gasteiger partial charge on any atom is 0.200 e. The van der Waals surface area contributed by atoms with Crippen LogP contribution in [-0.2, 0) is 4.79 Å². The molecular weight excluding hydrogens is 432 g/mol. The molecule has 1 N–H and O–H groups in total. The van der Waals surface area contributed by atoms with Gasteiger partial charge >= 0.3 is 0 Å². The molecule has 3 nitrogen and oxygen atoms in total. The van der Waals surface area contributed by atoms with Gasteiger partial charge < -0.3 is 0 Å². The molecule has 0 aromatic rings. The third-order valence-corrected chi connectivity index (χ3v) is 3.41. The van der Waals surface area contributed by atoms with E-state index in [1.54, 1.807) is 6.08 Å². The number of ketones is 1. The molecule has 0 aromatic carbocycles. The lowest BCUT2D eigenvalue weighted by Gasteiger charge is -2.28. The number of hydroxylamine groups is 2. The summed E-state index contributed by atoms with van der Waals surface area (Å²) in [7, 11) is 0. The largest absolute Gasteiger partial charge is 0.288 e. The first kappa shape index (κ1) is 14.2. The number of hydrogen-bond donors (Lipinski definition) is 1. The quantitative estimate of drug-likeness (QED) is 0.382. The van der Waals surface area contributed by atoms with Crippen LogP contribution in [0.25, 0.3) is 0 Å². The van der Waals surface area contributed by atoms with Crippen LogP contribution in [0, 0.1) is 0 Å². The van der Waals surface area contributed by atoms with Crippen LogP contribution in [0.1, 0.15) is 20.8 Å². The Kier molecular flexibility index (Phi) is 4.58. The van der Waals surface area contributed by atoms with Gasteiger partial charge in [0.25, 0.3) is 0 Å². The number of rotatable bonds is 1. The van der Waals surface area contributed by atoms with Crippen LogP contribution in [0.2, 0.25) is 0 Å². The Balaban J connectivity index is 3.03. The predicted octanol–water partition coefficient (Wildman–Crippen LogP) is 3.58. The van der Waals surface area contributed by atoms with E-state index < -0.39 is 5.54 Å². The second-order valence-corrected chi connectivity index (χ2v) is 6.86. The molecule has 0 saturated carbocycles. The molecule has 0 fully saturated rings. The Morgan fingerprint density at radius 2 is 1.88 bits per heavy atom. The standard InChI is InChI=1S/C11H13I2NO2/c1-11(2,3)14(16)6-7-4-8(12)5-9(13)10(7)15/h4-6,16H,1-3H3/b7-6-. The third kappa shape index (κ3) is 3.56. The lowest BCUT2D eigenvalue weighted by atomic mass is 10.1. The highest BCUT2D eigenvalue weighted by atomic mass is 127. The molecule has 1 aliphatic carbocycles. The van der Waals surface area contributed by atoms with Crippen LogP contribution in [0.15, 0.2) is 31.1 Å². The number of carbonyl (C=O) groups is 1. The van der Waals surface area contributed by atoms with Gasteiger partial charge in [-0.05, 0) is 78.1 Å². The van der Waals surface area contributed by atoms with Gasteiger partial charge in [-0.2, -0.15) is 0 Å². The van der Waals surface area contributed by atoms with Gasteiger partial charge in [0.1, 0.15) is 0 Å². The average molecular weight is 445 g/mol. The van der Waals surface area contributed by atoms with E-state index in [9.17, 15) is 10.0 Å². The fraction of sp³-hybridized carbons (Fsp3) is 0.364. The summed E-state index contributed by atoms with van der Waals surface area (Å²) in [5.41, 5.74) is 0.0906. The molecule has 1 aliphatic rings. The zero-order valence-corrected chi connectivity index (χ0v) is 13.6. The van der Waals surface area contributed by atoms with Crippen molar-refractivity contribution in [3.63, 3.8) is 0 Å². The number of nitrogens with zero attached hydrogens (tertiary/aromatic N) is 1. The zero-order valence-electron chi connectivity index (χ0n) is 9.29. The van der Waals surface area contributed by atoms with E-state index in [-0.39, 0.29) is 5.78 Å². The Labute approximate surface area is 123 Å². The SMILES string of the molecule is CC(C)(C)N(O)/C=C1/C=C(I)C=C(I)C1=O. The van der Waals surface area contributed by atoms with Crippen molar-refractivity contribution in [1.29, 1.82) is 0 Å². The molecule has 1 rings (SSSR count). The molecule has 5 heteroatoms. The molecule has 0 amide bonds. The second-order valence-electron chi connectivity index (χ2n) is 4.45. The minimum absolute atomic E-state index is 0.0516. The van der Waals surface area contributed by atoms with Crippen molar-refractivity contribution in [2.24, 2.45) is 0 Å². The third-order valence-electron chi connectivity index (χ3n) is 1.99. The van der Waals surface area contributed by atoms with Gasteiger partial charge in [0.2, 0.25) is 5.78 Å². The molecule has 0 atom stereocenters. The van der Waals surface area contributed by atoms with Gasteiger partial charge in [-0.15, -0.1) is 0 Å². The molecular formula is C11H13I2NO2. The number of allylic oxidation sites excluding steroid dienone is 5. The number of halogens is 2. The summed E-state index contributed by atoms with van der Waals surface area (Å²) >= 11 is 4.16. The molecule has 0 radical (unpaired) electrons. The summed E-state index contributed by atoms with van der Waals surface area (Å²) in [6, 6.07) is 0. The summed E-state index contributed by atoms with van der Waals surface area (Å²) in [5, 5.41) is 10.8. The second kappa shape index (κ2) is 5.18. The van der Waals surface area contributed by atoms with E-state index in [0.717, 1.165) is 8.64 Å². The fourth-order valence-electron chi connectivity index (χ4n) is 1.00. The minimum atomic E-state index is -0.418. The highest BCUT2D eigenvalue weighted by molar-refractivity contribution is 14.1. The van der Waals surface area contributed by atoms with Crippen molar-refractivity contribution in [2.75, 3.05) is 0 Å². The monoisotopic (exact) mass is 445 g/mol. The minimum Gasteiger partial charge on any atom is -0.288 e. The van der Waals surface area contributed by atoms with Gasteiger partial charge in [0.15, 0.2) is 0 Å². The summed E-state index contributed by atoms with van der Waals surface area (Å²) in [6.45, 7) is 5.60. The predicted molar refractivity (Wildman–Crippen MR) is 80.7 cm³/mol. The van der Waals surface area contributed by atoms with Crippen LogP contribution >= 0.6 is 45.2 Å². The van der Waals surface area contributed by atoms with E-state index in [1.165, 1.54) is 6.20 Å². The maximum atomic E-state index is 11.8. The Morgan fingerprint density at radius 1 is 1.31 bits per heavy atom. The first-order valence-electron chi connectivity index (χ1n) is 4.71. The first-order valence-corrected chi connectivity index (χ1v) is 6.86. The van der Waals surface area contributed by atoms with E-state index in [1.807, 2.05) is 49.4 Å². The van der Waals surface area contributed by atoms with E-state index in [0.29, 0.717) is 9.15 Å². The van der Waals surface area contributed by atoms with Gasteiger partial charge in [-0.25, -0.2) is 0 Å². The highest BCUT2D eigenvalue weighted by Crippen LogP contribution is 2.27. The van der Waals surface area contributed by atoms with Crippen LogP contribution < -0.4 is 0 Å². The molecule has 0 spiro atoms. The highest BCUT2D eigenvalue weighted by Gasteiger charge is 2.21. The van der Waals surface area contributed by atoms with Gasteiger partial charge in [0, 0.05) is 15.4 Å². The molecule has 0 aromatic heterocycles. The molecule has 88 valence electrons. The summed E-state index contributed by atoms with van der Waals surface area (Å²) < 4.78 is 1.65. The van der Waals surface area contributed by atoms with Crippen molar-refractivity contribution in [1.82, 2.24) is 5.06 Å². The molecule has 16 heavy (non-hydrogen) atoms.